The molecule has 0 heterocycles. The Balaban J connectivity index is -0.000000328. The van der Waals surface area contributed by atoms with Crippen LogP contribution in [0.5, 0.6) is 0 Å². The van der Waals surface area contributed by atoms with Crippen LogP contribution < -0.4 is 10.2 Å². The zero-order valence-corrected chi connectivity index (χ0v) is 85.5. The topological polar surface area (TPSA) is 229 Å². The van der Waals surface area contributed by atoms with Gasteiger partial charge in [-0.1, -0.05) is 484 Å². The molecule has 0 aromatic rings. The predicted molar refractivity (Wildman–Crippen MR) is 517 cm³/mol. The molecule has 0 aliphatic heterocycles. The first-order valence-electron chi connectivity index (χ1n) is 54.1. The predicted octanol–water partition coefficient (Wildman–Crippen LogP) is 35.3. The molecule has 0 amide bonds. The number of unbranched alkanes of at least 4 members (excludes halogenated alkanes) is 80. The molecule has 12 nitrogen and oxygen atoms in total. The number of carboxylic acids is 6. The van der Waals surface area contributed by atoms with Crippen LogP contribution in [-0.2, 0) is 47.1 Å². The smallest absolute Gasteiger partial charge is 0.550 e. The van der Waals surface area contributed by atoms with Crippen LogP contribution in [0, 0.1) is 0 Å². The molecule has 0 fully saturated rings. The van der Waals surface area contributed by atoms with Crippen molar-refractivity contribution in [1.29, 1.82) is 0 Å². The summed E-state index contributed by atoms with van der Waals surface area (Å²) in [6.45, 7) is 13.6. The Morgan fingerprint density at radius 1 is 0.165 bits per heavy atom. The summed E-state index contributed by atoms with van der Waals surface area (Å²) in [7, 11) is 0. The number of hydrogen-bond donors (Lipinski definition) is 4. The van der Waals surface area contributed by atoms with Gasteiger partial charge in [-0.3, -0.25) is 19.2 Å². The van der Waals surface area contributed by atoms with Gasteiger partial charge in [0.2, 0.25) is 0 Å². The summed E-state index contributed by atoms with van der Waals surface area (Å²) in [5.41, 5.74) is 0. The van der Waals surface area contributed by atoms with Gasteiger partial charge in [0, 0.05) is 37.6 Å². The van der Waals surface area contributed by atoms with Crippen LogP contribution in [0.3, 0.4) is 0 Å². The summed E-state index contributed by atoms with van der Waals surface area (Å²) in [5, 5.41) is 54.5. The van der Waals surface area contributed by atoms with Gasteiger partial charge in [0.05, 0.1) is 0 Å². The fourth-order valence-electron chi connectivity index (χ4n) is 16.1. The molecule has 0 saturated heterocycles. The van der Waals surface area contributed by atoms with Gasteiger partial charge in [-0.15, -0.1) is 0 Å². The van der Waals surface area contributed by atoms with Crippen LogP contribution >= 0.6 is 0 Å². The molecule has 13 heteroatoms. The monoisotopic (exact) mass is 1770 g/mol. The van der Waals surface area contributed by atoms with E-state index in [1.54, 1.807) is 0 Å². The third kappa shape index (κ3) is 152. The molecule has 0 rings (SSSR count). The van der Waals surface area contributed by atoms with Gasteiger partial charge in [0.1, 0.15) is 0 Å². The second kappa shape index (κ2) is 124. The van der Waals surface area contributed by atoms with Gasteiger partial charge >= 0.3 is 137 Å². The SMILES string of the molecule is CCCCCCCCCCCCCCCCCC(=O)O.CCCCCCCCCCCCCCCCCC(=O)O.CCCCCCCCCCCCCCCCCC(=O)O.CCCCCCCCCCCCCCCCCC(=O)O.CCCCCCCCCCCCCCCCCC(=O)[O-].CCC[CH]([Zn+2])CCCCCCCCCCCCCC(=O)[O-]. The molecule has 0 radical (unpaired) electrons. The van der Waals surface area contributed by atoms with Crippen molar-refractivity contribution in [3.8, 4) is 0 Å². The first-order chi connectivity index (χ1) is 59.0. The minimum Gasteiger partial charge on any atom is -0.550 e. The first-order valence-corrected chi connectivity index (χ1v) is 55.8. The van der Waals surface area contributed by atoms with E-state index >= 15 is 0 Å². The van der Waals surface area contributed by atoms with Crippen molar-refractivity contribution in [2.75, 3.05) is 0 Å². The third-order valence-corrected chi connectivity index (χ3v) is 25.9. The second-order valence-electron chi connectivity index (χ2n) is 36.9. The van der Waals surface area contributed by atoms with Crippen LogP contribution in [0.15, 0.2) is 0 Å². The summed E-state index contributed by atoms with van der Waals surface area (Å²) in [6.07, 6.45) is 119. The van der Waals surface area contributed by atoms with E-state index in [4.69, 9.17) is 20.4 Å². The number of aliphatic carboxylic acids is 6. The van der Waals surface area contributed by atoms with Gasteiger partial charge in [0.15, 0.2) is 0 Å². The zero-order chi connectivity index (χ0) is 90.2. The number of carboxylic acid groups (broad SMARTS) is 6. The van der Waals surface area contributed by atoms with Gasteiger partial charge in [-0.25, -0.2) is 0 Å². The molecule has 121 heavy (non-hydrogen) atoms. The van der Waals surface area contributed by atoms with Crippen molar-refractivity contribution >= 4 is 35.8 Å². The molecule has 0 aliphatic carbocycles. The molecule has 1 unspecified atom stereocenters. The van der Waals surface area contributed by atoms with Gasteiger partial charge in [-0.2, -0.15) is 0 Å². The van der Waals surface area contributed by atoms with Crippen molar-refractivity contribution in [1.82, 2.24) is 0 Å². The normalized spacial score (nSPS) is 11.1. The molecule has 0 saturated carbocycles. The molecule has 719 valence electrons. The Labute approximate surface area is 764 Å². The molecule has 0 aliphatic rings. The number of carbonyl (C=O) groups excluding carboxylic acids is 2. The average molecular weight is 1770 g/mol. The van der Waals surface area contributed by atoms with Gasteiger partial charge in [0.25, 0.3) is 0 Å². The minimum atomic E-state index is -0.903. The Bertz CT molecular complexity index is 1680. The van der Waals surface area contributed by atoms with Crippen LogP contribution in [0.2, 0.25) is 4.51 Å². The zero-order valence-electron chi connectivity index (χ0n) is 82.5. The Hall–Kier alpha value is -2.56. The van der Waals surface area contributed by atoms with E-state index in [2.05, 4.69) is 41.5 Å². The molecule has 0 aromatic heterocycles. The molecule has 0 spiro atoms. The van der Waals surface area contributed by atoms with Crippen molar-refractivity contribution in [2.45, 2.75) is 656 Å². The van der Waals surface area contributed by atoms with E-state index in [-0.39, 0.29) is 12.8 Å². The third-order valence-electron chi connectivity index (χ3n) is 24.2. The van der Waals surface area contributed by atoms with Crippen molar-refractivity contribution < 1.29 is 77.7 Å². The van der Waals surface area contributed by atoms with Crippen LogP contribution in [-0.4, -0.2) is 56.2 Å². The average Bonchev–Trinajstić information content (AvgIpc) is 1.28. The number of carbonyl (C=O) groups is 6. The Morgan fingerprint density at radius 2 is 0.273 bits per heavy atom. The Morgan fingerprint density at radius 3 is 0.380 bits per heavy atom. The standard InChI is InChI=1S/5C18H36O2.C18H35O2.Zn/c6*1-2-3-4-5-6-7-8-9-10-11-12-13-14-15-16-17-18(19)20;/h5*2-17H2,1H3,(H,19,20);4H,2-3,5-17H2,1H3,(H,19,20);/q;;;;;;+2/p-2. The van der Waals surface area contributed by atoms with E-state index < -0.39 is 35.8 Å². The van der Waals surface area contributed by atoms with Crippen molar-refractivity contribution in [2.24, 2.45) is 0 Å². The molecule has 0 bridgehead atoms. The fourth-order valence-corrected chi connectivity index (χ4v) is 17.5. The number of rotatable bonds is 96. The first kappa shape index (κ1) is 129. The van der Waals surface area contributed by atoms with Gasteiger partial charge in [-0.05, 0) is 51.4 Å². The van der Waals surface area contributed by atoms with Crippen molar-refractivity contribution in [3.05, 3.63) is 0 Å². The summed E-state index contributed by atoms with van der Waals surface area (Å²) >= 11 is 1.48. The van der Waals surface area contributed by atoms with Crippen LogP contribution in [0.25, 0.3) is 0 Å². The van der Waals surface area contributed by atoms with Gasteiger partial charge < -0.3 is 40.2 Å². The maximum absolute atomic E-state index is 10.3. The maximum atomic E-state index is 10.3. The summed E-state index contributed by atoms with van der Waals surface area (Å²) < 4.78 is 1.05. The quantitative estimate of drug-likeness (QED) is 0.0329. The molecular weight excluding hydrogens is 1550 g/mol. The van der Waals surface area contributed by atoms with Crippen LogP contribution in [0.4, 0.5) is 0 Å². The van der Waals surface area contributed by atoms with Crippen LogP contribution in [0.1, 0.15) is 652 Å². The van der Waals surface area contributed by atoms with E-state index in [1.165, 1.54) is 513 Å². The number of hydrogen-bond acceptors (Lipinski definition) is 8. The Kier molecular flexibility index (Phi) is 132. The fraction of sp³-hybridized carbons (Fsp3) is 0.944. The molecule has 0 aromatic carbocycles. The molecule has 1 atom stereocenters. The van der Waals surface area contributed by atoms with E-state index in [9.17, 15) is 39.0 Å². The van der Waals surface area contributed by atoms with E-state index in [0.29, 0.717) is 25.7 Å². The summed E-state index contributed by atoms with van der Waals surface area (Å²) in [6, 6.07) is 0. The summed E-state index contributed by atoms with van der Waals surface area (Å²) in [4.78, 5) is 61.8. The molecular formula is C108H213O12Zn. The van der Waals surface area contributed by atoms with E-state index in [0.717, 1.165) is 81.6 Å². The van der Waals surface area contributed by atoms with Crippen molar-refractivity contribution in [3.63, 3.8) is 0 Å². The summed E-state index contributed by atoms with van der Waals surface area (Å²) in [5.74, 6) is -4.42. The molecule has 4 N–H and O–H groups in total. The minimum absolute atomic E-state index is 0.234. The van der Waals surface area contributed by atoms with E-state index in [1.807, 2.05) is 0 Å². The second-order valence-corrected chi connectivity index (χ2v) is 39.3.